The largest absolute Gasteiger partial charge is 0.206 e. The number of thiocyanates is 1. The quantitative estimate of drug-likeness (QED) is 0.246. The van der Waals surface area contributed by atoms with Crippen molar-refractivity contribution >= 4 is 17.8 Å². The normalized spacial score (nSPS) is 11.9. The zero-order valence-electron chi connectivity index (χ0n) is 17.6. The van der Waals surface area contributed by atoms with Gasteiger partial charge in [0.1, 0.15) is 11.2 Å². The van der Waals surface area contributed by atoms with Crippen molar-refractivity contribution in [3.63, 3.8) is 0 Å². The summed E-state index contributed by atoms with van der Waals surface area (Å²) >= 11 is 0.840. The van der Waals surface area contributed by atoms with E-state index in [2.05, 4.69) is 55.2 Å². The second kappa shape index (κ2) is 9.25. The van der Waals surface area contributed by atoms with Crippen LogP contribution in [-0.2, 0) is 6.42 Å². The predicted molar refractivity (Wildman–Crippen MR) is 127 cm³/mol. The van der Waals surface area contributed by atoms with Crippen LogP contribution in [0.2, 0.25) is 0 Å². The van der Waals surface area contributed by atoms with Crippen molar-refractivity contribution in [2.45, 2.75) is 38.0 Å². The van der Waals surface area contributed by atoms with Crippen molar-refractivity contribution in [1.82, 2.24) is 0 Å². The highest BCUT2D eigenvalue weighted by Gasteiger charge is 2.13. The highest BCUT2D eigenvalue weighted by atomic mass is 32.2. The lowest BCUT2D eigenvalue weighted by Crippen LogP contribution is -1.88. The van der Waals surface area contributed by atoms with Crippen molar-refractivity contribution in [1.29, 1.82) is 5.26 Å². The third kappa shape index (κ3) is 4.74. The number of fused-ring (bicyclic) bond motifs is 1. The number of thioether (sulfide) groups is 1. The van der Waals surface area contributed by atoms with Gasteiger partial charge in [-0.05, 0) is 89.7 Å². The average Bonchev–Trinajstić information content (AvgIpc) is 3.17. The van der Waals surface area contributed by atoms with E-state index >= 15 is 0 Å². The number of nitriles is 1. The number of aryl methyl sites for hydroxylation is 1. The molecule has 1 aliphatic rings. The van der Waals surface area contributed by atoms with Gasteiger partial charge in [-0.25, -0.2) is 4.39 Å². The van der Waals surface area contributed by atoms with Crippen LogP contribution in [0.4, 0.5) is 4.39 Å². The van der Waals surface area contributed by atoms with Gasteiger partial charge in [-0.1, -0.05) is 61.1 Å². The Labute approximate surface area is 187 Å². The van der Waals surface area contributed by atoms with Crippen LogP contribution < -0.4 is 0 Å². The molecule has 0 N–H and O–H groups in total. The van der Waals surface area contributed by atoms with Gasteiger partial charge in [0, 0.05) is 11.1 Å². The second-order valence-electron chi connectivity index (χ2n) is 7.77. The second-order valence-corrected chi connectivity index (χ2v) is 8.56. The molecule has 3 aromatic carbocycles. The molecular weight excluding hydrogens is 401 g/mol. The first-order valence-corrected chi connectivity index (χ1v) is 11.2. The highest BCUT2D eigenvalue weighted by Crippen LogP contribution is 2.31. The first-order valence-electron chi connectivity index (χ1n) is 10.4. The van der Waals surface area contributed by atoms with E-state index in [9.17, 15) is 4.39 Å². The van der Waals surface area contributed by atoms with Gasteiger partial charge in [-0.2, -0.15) is 5.26 Å². The number of nitrogens with zero attached hydrogens (tertiary/aromatic N) is 1. The average molecular weight is 424 g/mol. The van der Waals surface area contributed by atoms with Crippen LogP contribution in [0.3, 0.4) is 0 Å². The van der Waals surface area contributed by atoms with Gasteiger partial charge in [0.25, 0.3) is 0 Å². The summed E-state index contributed by atoms with van der Waals surface area (Å²) in [6.07, 6.45) is 5.77. The first-order chi connectivity index (χ1) is 15.1. The van der Waals surface area contributed by atoms with Gasteiger partial charge in [0.15, 0.2) is 0 Å². The molecule has 31 heavy (non-hydrogen) atoms. The lowest BCUT2D eigenvalue weighted by atomic mass is 9.99. The molecule has 0 radical (unpaired) electrons. The van der Waals surface area contributed by atoms with Crippen LogP contribution in [0, 0.1) is 35.2 Å². The van der Waals surface area contributed by atoms with Crippen molar-refractivity contribution in [2.75, 3.05) is 0 Å². The number of hydrogen-bond donors (Lipinski definition) is 0. The molecular formula is C28H22FNS. The minimum atomic E-state index is -0.404. The van der Waals surface area contributed by atoms with Crippen molar-refractivity contribution in [2.24, 2.45) is 0 Å². The van der Waals surface area contributed by atoms with Gasteiger partial charge in [0.2, 0.25) is 0 Å². The molecule has 1 nitrogen and oxygen atoms in total. The Hall–Kier alpha value is -3.27. The van der Waals surface area contributed by atoms with Gasteiger partial charge >= 0.3 is 0 Å². The van der Waals surface area contributed by atoms with E-state index in [-0.39, 0.29) is 0 Å². The summed E-state index contributed by atoms with van der Waals surface area (Å²) in [5.74, 6) is 5.74. The van der Waals surface area contributed by atoms with Crippen LogP contribution in [-0.4, -0.2) is 0 Å². The molecule has 0 aromatic heterocycles. The lowest BCUT2D eigenvalue weighted by Gasteiger charge is -2.05. The molecule has 0 atom stereocenters. The summed E-state index contributed by atoms with van der Waals surface area (Å²) in [6.45, 7) is 4.01. The van der Waals surface area contributed by atoms with Gasteiger partial charge < -0.3 is 0 Å². The van der Waals surface area contributed by atoms with Gasteiger partial charge in [0.05, 0.1) is 4.90 Å². The van der Waals surface area contributed by atoms with Crippen LogP contribution >= 0.6 is 11.8 Å². The number of halogens is 1. The Morgan fingerprint density at radius 3 is 2.42 bits per heavy atom. The summed E-state index contributed by atoms with van der Waals surface area (Å²) in [5.41, 5.74) is 8.83. The maximum atomic E-state index is 14.2. The summed E-state index contributed by atoms with van der Waals surface area (Å²) in [6, 6.07) is 18.1. The molecule has 0 saturated heterocycles. The topological polar surface area (TPSA) is 23.8 Å². The third-order valence-electron chi connectivity index (χ3n) is 5.44. The number of allylic oxidation sites excluding steroid dienone is 1. The fraction of sp³-hybridized carbons (Fsp3) is 0.179. The van der Waals surface area contributed by atoms with E-state index in [1.54, 1.807) is 6.92 Å². The summed E-state index contributed by atoms with van der Waals surface area (Å²) < 4.78 is 14.2. The zero-order chi connectivity index (χ0) is 21.8. The molecule has 4 rings (SSSR count). The monoisotopic (exact) mass is 423 g/mol. The van der Waals surface area contributed by atoms with Crippen molar-refractivity contribution in [3.05, 3.63) is 93.8 Å². The molecule has 0 aliphatic heterocycles. The number of benzene rings is 3. The van der Waals surface area contributed by atoms with Crippen LogP contribution in [0.25, 0.3) is 17.2 Å². The number of rotatable bonds is 4. The van der Waals surface area contributed by atoms with E-state index in [1.807, 2.05) is 23.6 Å². The molecule has 0 unspecified atom stereocenters. The molecule has 0 spiro atoms. The maximum absolute atomic E-state index is 14.2. The molecule has 0 bridgehead atoms. The minimum Gasteiger partial charge on any atom is -0.206 e. The zero-order valence-corrected chi connectivity index (χ0v) is 18.4. The van der Waals surface area contributed by atoms with Crippen molar-refractivity contribution < 1.29 is 4.39 Å². The minimum absolute atomic E-state index is 0.364. The van der Waals surface area contributed by atoms with Crippen LogP contribution in [0.1, 0.15) is 47.6 Å². The maximum Gasteiger partial charge on any atom is 0.139 e. The van der Waals surface area contributed by atoms with Crippen molar-refractivity contribution in [3.8, 4) is 28.4 Å². The third-order valence-corrected chi connectivity index (χ3v) is 6.25. The van der Waals surface area contributed by atoms with E-state index in [1.165, 1.54) is 41.2 Å². The molecule has 0 amide bonds. The van der Waals surface area contributed by atoms with Crippen LogP contribution in [0.5, 0.6) is 0 Å². The molecule has 1 aliphatic carbocycles. The Morgan fingerprint density at radius 1 is 0.968 bits per heavy atom. The summed E-state index contributed by atoms with van der Waals surface area (Å²) in [7, 11) is 0. The van der Waals surface area contributed by atoms with E-state index in [0.717, 1.165) is 34.9 Å². The van der Waals surface area contributed by atoms with E-state index in [4.69, 9.17) is 5.26 Å². The molecule has 3 heteroatoms. The fourth-order valence-corrected chi connectivity index (χ4v) is 4.40. The SMILES string of the molecule is CCCC1=Cc2cc(-c3ccc(C#Cc4cc(C)c(SC#N)c(F)c4)cc3)ccc2C1. The Balaban J connectivity index is 1.53. The predicted octanol–water partition coefficient (Wildman–Crippen LogP) is 7.51. The first kappa shape index (κ1) is 21.0. The fourth-order valence-electron chi connectivity index (χ4n) is 3.94. The van der Waals surface area contributed by atoms with Crippen LogP contribution in [0.15, 0.2) is 65.1 Å². The van der Waals surface area contributed by atoms with Gasteiger partial charge in [-0.15, -0.1) is 0 Å². The standard InChI is InChI=1S/C28H22FNS/c1-3-4-21-14-24-11-12-25(17-26(24)15-21)23-9-7-20(8-10-23)5-6-22-13-19(2)28(31-18-30)27(29)16-22/h7-13,15-17H,3-4,14H2,1-2H3. The molecule has 152 valence electrons. The van der Waals surface area contributed by atoms with Gasteiger partial charge in [-0.3, -0.25) is 0 Å². The molecule has 0 heterocycles. The smallest absolute Gasteiger partial charge is 0.139 e. The highest BCUT2D eigenvalue weighted by molar-refractivity contribution is 8.03. The summed E-state index contributed by atoms with van der Waals surface area (Å²) in [5, 5.41) is 10.7. The Morgan fingerprint density at radius 2 is 1.71 bits per heavy atom. The Kier molecular flexibility index (Phi) is 6.26. The van der Waals surface area contributed by atoms with E-state index < -0.39 is 5.82 Å². The summed E-state index contributed by atoms with van der Waals surface area (Å²) in [4.78, 5) is 0.364. The number of hydrogen-bond acceptors (Lipinski definition) is 2. The Bertz CT molecular complexity index is 1240. The molecule has 3 aromatic rings. The van der Waals surface area contributed by atoms with E-state index in [0.29, 0.717) is 10.5 Å². The molecule has 0 saturated carbocycles. The molecule has 0 fully saturated rings. The lowest BCUT2D eigenvalue weighted by molar-refractivity contribution is 0.599.